The number of aliphatic hydroxyl groups is 1. The van der Waals surface area contributed by atoms with E-state index < -0.39 is 6.10 Å². The quantitative estimate of drug-likeness (QED) is 0.833. The van der Waals surface area contributed by atoms with Crippen LogP contribution in [0.5, 0.6) is 0 Å². The van der Waals surface area contributed by atoms with Gasteiger partial charge in [-0.25, -0.2) is 4.98 Å². The number of rotatable bonds is 3. The molecular formula is C13H19N3O2. The van der Waals surface area contributed by atoms with Gasteiger partial charge in [0.15, 0.2) is 0 Å². The van der Waals surface area contributed by atoms with Crippen LogP contribution < -0.4 is 10.2 Å². The molecule has 2 atom stereocenters. The molecule has 0 saturated carbocycles. The lowest BCUT2D eigenvalue weighted by Crippen LogP contribution is -2.42. The Hall–Kier alpha value is -1.62. The summed E-state index contributed by atoms with van der Waals surface area (Å²) in [5.41, 5.74) is 0.772. The Balaban J connectivity index is 2.33. The van der Waals surface area contributed by atoms with Crippen molar-refractivity contribution >= 4 is 11.7 Å². The van der Waals surface area contributed by atoms with E-state index in [4.69, 9.17) is 0 Å². The number of anilines is 1. The van der Waals surface area contributed by atoms with Crippen molar-refractivity contribution in [2.45, 2.75) is 31.9 Å². The molecule has 0 aliphatic carbocycles. The summed E-state index contributed by atoms with van der Waals surface area (Å²) in [6.07, 6.45) is 2.91. The number of aromatic nitrogens is 1. The van der Waals surface area contributed by atoms with E-state index in [1.807, 2.05) is 11.0 Å². The van der Waals surface area contributed by atoms with Crippen LogP contribution in [0.3, 0.4) is 0 Å². The Labute approximate surface area is 107 Å². The molecule has 1 aliphatic rings. The maximum Gasteiger partial charge on any atom is 0.242 e. The summed E-state index contributed by atoms with van der Waals surface area (Å²) in [4.78, 5) is 18.2. The molecule has 2 N–H and O–H groups in total. The Bertz CT molecular complexity index is 434. The van der Waals surface area contributed by atoms with Crippen molar-refractivity contribution in [1.29, 1.82) is 0 Å². The van der Waals surface area contributed by atoms with E-state index in [-0.39, 0.29) is 11.9 Å². The monoisotopic (exact) mass is 249 g/mol. The third-order valence-electron chi connectivity index (χ3n) is 3.34. The molecule has 1 unspecified atom stereocenters. The average molecular weight is 249 g/mol. The van der Waals surface area contributed by atoms with Crippen LogP contribution in [0, 0.1) is 0 Å². The number of carbonyl (C=O) groups is 1. The number of aliphatic hydroxyl groups excluding tert-OH is 1. The molecule has 1 fully saturated rings. The van der Waals surface area contributed by atoms with Gasteiger partial charge in [-0.3, -0.25) is 4.79 Å². The fraction of sp³-hybridized carbons (Fsp3) is 0.538. The van der Waals surface area contributed by atoms with Gasteiger partial charge in [0.1, 0.15) is 11.9 Å². The SMILES string of the molecule is CNC(=O)C1CCCN1c1ncccc1[C@@H](C)O. The molecule has 1 aromatic rings. The van der Waals surface area contributed by atoms with Gasteiger partial charge >= 0.3 is 0 Å². The van der Waals surface area contributed by atoms with Crippen LogP contribution in [0.15, 0.2) is 18.3 Å². The average Bonchev–Trinajstić information content (AvgIpc) is 2.86. The first-order valence-corrected chi connectivity index (χ1v) is 6.26. The van der Waals surface area contributed by atoms with Crippen LogP contribution >= 0.6 is 0 Å². The summed E-state index contributed by atoms with van der Waals surface area (Å²) < 4.78 is 0. The molecule has 1 saturated heterocycles. The zero-order valence-corrected chi connectivity index (χ0v) is 10.8. The second-order valence-electron chi connectivity index (χ2n) is 4.56. The molecule has 0 spiro atoms. The highest BCUT2D eigenvalue weighted by atomic mass is 16.3. The fourth-order valence-corrected chi connectivity index (χ4v) is 2.43. The number of likely N-dealkylation sites (N-methyl/N-ethyl adjacent to an activating group) is 1. The van der Waals surface area contributed by atoms with Crippen molar-refractivity contribution in [3.63, 3.8) is 0 Å². The zero-order valence-electron chi connectivity index (χ0n) is 10.8. The maximum atomic E-state index is 11.8. The van der Waals surface area contributed by atoms with Crippen molar-refractivity contribution < 1.29 is 9.90 Å². The predicted molar refractivity (Wildman–Crippen MR) is 69.3 cm³/mol. The van der Waals surface area contributed by atoms with Crippen molar-refractivity contribution in [1.82, 2.24) is 10.3 Å². The van der Waals surface area contributed by atoms with Crippen molar-refractivity contribution in [3.05, 3.63) is 23.9 Å². The molecule has 1 aromatic heterocycles. The van der Waals surface area contributed by atoms with Gasteiger partial charge in [0.2, 0.25) is 5.91 Å². The minimum atomic E-state index is -0.584. The second kappa shape index (κ2) is 5.35. The maximum absolute atomic E-state index is 11.8. The number of hydrogen-bond acceptors (Lipinski definition) is 4. The minimum absolute atomic E-state index is 0.00898. The van der Waals surface area contributed by atoms with Gasteiger partial charge in [0.25, 0.3) is 0 Å². The lowest BCUT2D eigenvalue weighted by molar-refractivity contribution is -0.121. The molecule has 5 heteroatoms. The second-order valence-corrected chi connectivity index (χ2v) is 4.56. The number of hydrogen-bond donors (Lipinski definition) is 2. The van der Waals surface area contributed by atoms with Gasteiger partial charge in [0.05, 0.1) is 6.10 Å². The first kappa shape index (κ1) is 12.8. The summed E-state index contributed by atoms with van der Waals surface area (Å²) in [7, 11) is 1.65. The molecule has 2 rings (SSSR count). The first-order valence-electron chi connectivity index (χ1n) is 6.26. The number of amides is 1. The summed E-state index contributed by atoms with van der Waals surface area (Å²) >= 11 is 0. The Morgan fingerprint density at radius 2 is 2.44 bits per heavy atom. The van der Waals surface area contributed by atoms with Crippen LogP contribution in [0.2, 0.25) is 0 Å². The third-order valence-corrected chi connectivity index (χ3v) is 3.34. The van der Waals surface area contributed by atoms with Gasteiger partial charge < -0.3 is 15.3 Å². The Morgan fingerprint density at radius 1 is 1.67 bits per heavy atom. The number of pyridine rings is 1. The van der Waals surface area contributed by atoms with Crippen LogP contribution in [0.1, 0.15) is 31.4 Å². The normalized spacial score (nSPS) is 20.8. The standard InChI is InChI=1S/C13H19N3O2/c1-9(17)10-5-3-7-15-12(10)16-8-4-6-11(16)13(18)14-2/h3,5,7,9,11,17H,4,6,8H2,1-2H3,(H,14,18)/t9-,11?/m1/s1. The molecular weight excluding hydrogens is 230 g/mol. The molecule has 0 radical (unpaired) electrons. The number of nitrogens with zero attached hydrogens (tertiary/aromatic N) is 2. The molecule has 1 aliphatic heterocycles. The highest BCUT2D eigenvalue weighted by molar-refractivity contribution is 5.85. The molecule has 98 valence electrons. The fourth-order valence-electron chi connectivity index (χ4n) is 2.43. The van der Waals surface area contributed by atoms with Crippen molar-refractivity contribution in [3.8, 4) is 0 Å². The molecule has 5 nitrogen and oxygen atoms in total. The van der Waals surface area contributed by atoms with E-state index in [9.17, 15) is 9.90 Å². The smallest absolute Gasteiger partial charge is 0.242 e. The van der Waals surface area contributed by atoms with Crippen LogP contribution in [-0.4, -0.2) is 35.6 Å². The highest BCUT2D eigenvalue weighted by Gasteiger charge is 2.32. The van der Waals surface area contributed by atoms with E-state index in [2.05, 4.69) is 10.3 Å². The van der Waals surface area contributed by atoms with Crippen molar-refractivity contribution in [2.24, 2.45) is 0 Å². The van der Waals surface area contributed by atoms with Gasteiger partial charge in [-0.2, -0.15) is 0 Å². The number of nitrogens with one attached hydrogen (secondary N) is 1. The molecule has 18 heavy (non-hydrogen) atoms. The number of carbonyl (C=O) groups excluding carboxylic acids is 1. The first-order chi connectivity index (χ1) is 8.65. The van der Waals surface area contributed by atoms with Crippen LogP contribution in [0.25, 0.3) is 0 Å². The van der Waals surface area contributed by atoms with E-state index in [1.165, 1.54) is 0 Å². The van der Waals surface area contributed by atoms with Crippen molar-refractivity contribution in [2.75, 3.05) is 18.5 Å². The highest BCUT2D eigenvalue weighted by Crippen LogP contribution is 2.29. The molecule has 0 aromatic carbocycles. The largest absolute Gasteiger partial charge is 0.389 e. The van der Waals surface area contributed by atoms with E-state index in [1.54, 1.807) is 26.2 Å². The lowest BCUT2D eigenvalue weighted by atomic mass is 10.1. The van der Waals surface area contributed by atoms with E-state index in [0.29, 0.717) is 0 Å². The minimum Gasteiger partial charge on any atom is -0.389 e. The Kier molecular flexibility index (Phi) is 3.81. The summed E-state index contributed by atoms with van der Waals surface area (Å²) in [5.74, 6) is 0.730. The van der Waals surface area contributed by atoms with Crippen LogP contribution in [0.4, 0.5) is 5.82 Å². The Morgan fingerprint density at radius 3 is 3.11 bits per heavy atom. The lowest BCUT2D eigenvalue weighted by Gasteiger charge is -2.27. The topological polar surface area (TPSA) is 65.5 Å². The van der Waals surface area contributed by atoms with Crippen LogP contribution in [-0.2, 0) is 4.79 Å². The zero-order chi connectivity index (χ0) is 13.1. The molecule has 1 amide bonds. The van der Waals surface area contributed by atoms with E-state index >= 15 is 0 Å². The van der Waals surface area contributed by atoms with E-state index in [0.717, 1.165) is 30.8 Å². The third kappa shape index (κ3) is 2.31. The van der Waals surface area contributed by atoms with Gasteiger partial charge in [-0.05, 0) is 25.8 Å². The summed E-state index contributed by atoms with van der Waals surface area (Å²) in [6, 6.07) is 3.48. The summed E-state index contributed by atoms with van der Waals surface area (Å²) in [6.45, 7) is 2.51. The summed E-state index contributed by atoms with van der Waals surface area (Å²) in [5, 5.41) is 12.5. The van der Waals surface area contributed by atoms with Gasteiger partial charge in [-0.1, -0.05) is 6.07 Å². The van der Waals surface area contributed by atoms with Gasteiger partial charge in [0, 0.05) is 25.4 Å². The molecule has 2 heterocycles. The predicted octanol–water partition coefficient (Wildman–Crippen LogP) is 0.850. The van der Waals surface area contributed by atoms with Gasteiger partial charge in [-0.15, -0.1) is 0 Å². The molecule has 0 bridgehead atoms.